The maximum Gasteiger partial charge on any atom is 0.277 e. The minimum atomic E-state index is -0.187. The SMILES string of the molecule is Cc1ccc(C2=C(N3CCOCC3)C(=O)N(CCN3CCOCC3)C2=O)cc1C. The summed E-state index contributed by atoms with van der Waals surface area (Å²) in [7, 11) is 0. The minimum absolute atomic E-state index is 0.182. The average Bonchev–Trinajstić information content (AvgIpc) is 3.00. The van der Waals surface area contributed by atoms with E-state index in [9.17, 15) is 9.59 Å². The summed E-state index contributed by atoms with van der Waals surface area (Å²) >= 11 is 0. The average molecular weight is 399 g/mol. The van der Waals surface area contributed by atoms with Crippen LogP contribution in [0.1, 0.15) is 16.7 Å². The maximum atomic E-state index is 13.4. The monoisotopic (exact) mass is 399 g/mol. The van der Waals surface area contributed by atoms with Crippen molar-refractivity contribution in [1.82, 2.24) is 14.7 Å². The van der Waals surface area contributed by atoms with Crippen LogP contribution in [0.2, 0.25) is 0 Å². The first-order valence-corrected chi connectivity index (χ1v) is 10.4. The second kappa shape index (κ2) is 8.65. The van der Waals surface area contributed by atoms with E-state index in [1.807, 2.05) is 36.9 Å². The molecular weight excluding hydrogens is 370 g/mol. The van der Waals surface area contributed by atoms with Crippen LogP contribution in [0, 0.1) is 13.8 Å². The molecule has 4 rings (SSSR count). The zero-order valence-electron chi connectivity index (χ0n) is 17.3. The third kappa shape index (κ3) is 4.08. The van der Waals surface area contributed by atoms with Gasteiger partial charge in [-0.3, -0.25) is 19.4 Å². The van der Waals surface area contributed by atoms with Crippen molar-refractivity contribution in [2.75, 3.05) is 65.7 Å². The molecule has 2 saturated heterocycles. The van der Waals surface area contributed by atoms with Crippen molar-refractivity contribution in [3.63, 3.8) is 0 Å². The molecule has 3 heterocycles. The Bertz CT molecular complexity index is 823. The highest BCUT2D eigenvalue weighted by molar-refractivity contribution is 6.35. The molecule has 0 radical (unpaired) electrons. The molecule has 1 aromatic carbocycles. The van der Waals surface area contributed by atoms with Crippen LogP contribution in [-0.2, 0) is 19.1 Å². The highest BCUT2D eigenvalue weighted by Gasteiger charge is 2.41. The first kappa shape index (κ1) is 20.1. The van der Waals surface area contributed by atoms with Crippen molar-refractivity contribution in [2.45, 2.75) is 13.8 Å². The third-order valence-electron chi connectivity index (χ3n) is 6.01. The van der Waals surface area contributed by atoms with E-state index in [1.54, 1.807) is 0 Å². The summed E-state index contributed by atoms with van der Waals surface area (Å²) in [5.74, 6) is -0.369. The van der Waals surface area contributed by atoms with Gasteiger partial charge in [-0.1, -0.05) is 18.2 Å². The van der Waals surface area contributed by atoms with Crippen molar-refractivity contribution in [3.05, 3.63) is 40.6 Å². The number of rotatable bonds is 5. The summed E-state index contributed by atoms with van der Waals surface area (Å²) < 4.78 is 10.8. The van der Waals surface area contributed by atoms with Gasteiger partial charge in [-0.25, -0.2) is 0 Å². The predicted octanol–water partition coefficient (Wildman–Crippen LogP) is 1.05. The van der Waals surface area contributed by atoms with Gasteiger partial charge in [0.2, 0.25) is 0 Å². The number of carbonyl (C=O) groups is 2. The topological polar surface area (TPSA) is 62.3 Å². The Morgan fingerprint density at radius 1 is 0.828 bits per heavy atom. The highest BCUT2D eigenvalue weighted by atomic mass is 16.5. The lowest BCUT2D eigenvalue weighted by atomic mass is 9.99. The van der Waals surface area contributed by atoms with Crippen molar-refractivity contribution >= 4 is 17.4 Å². The molecule has 0 unspecified atom stereocenters. The standard InChI is InChI=1S/C22H29N3O4/c1-16-3-4-18(15-17(16)2)19-20(24-9-13-29-14-10-24)22(27)25(21(19)26)6-5-23-7-11-28-12-8-23/h3-4,15H,5-14H2,1-2H3. The summed E-state index contributed by atoms with van der Waals surface area (Å²) in [6.45, 7) is 10.6. The number of morpholine rings is 2. The first-order valence-electron chi connectivity index (χ1n) is 10.4. The van der Waals surface area contributed by atoms with E-state index < -0.39 is 0 Å². The molecular formula is C22H29N3O4. The van der Waals surface area contributed by atoms with Crippen molar-refractivity contribution < 1.29 is 19.1 Å². The molecule has 156 valence electrons. The Morgan fingerprint density at radius 2 is 1.48 bits per heavy atom. The molecule has 1 aromatic rings. The minimum Gasteiger partial charge on any atom is -0.379 e. The van der Waals surface area contributed by atoms with Crippen molar-refractivity contribution in [1.29, 1.82) is 0 Å². The lowest BCUT2D eigenvalue weighted by molar-refractivity contribution is -0.138. The van der Waals surface area contributed by atoms with E-state index in [0.717, 1.165) is 24.2 Å². The first-order chi connectivity index (χ1) is 14.1. The summed E-state index contributed by atoms with van der Waals surface area (Å²) in [6, 6.07) is 5.99. The Balaban J connectivity index is 1.62. The molecule has 0 N–H and O–H groups in total. The van der Waals surface area contributed by atoms with Gasteiger partial charge in [0.25, 0.3) is 11.8 Å². The fourth-order valence-electron chi connectivity index (χ4n) is 4.07. The Labute approximate surface area is 171 Å². The second-order valence-corrected chi connectivity index (χ2v) is 7.84. The molecule has 2 fully saturated rings. The molecule has 0 aliphatic carbocycles. The molecule has 0 bridgehead atoms. The zero-order valence-corrected chi connectivity index (χ0v) is 17.3. The van der Waals surface area contributed by atoms with Crippen LogP contribution in [0.3, 0.4) is 0 Å². The summed E-state index contributed by atoms with van der Waals surface area (Å²) in [6.07, 6.45) is 0. The van der Waals surface area contributed by atoms with E-state index in [-0.39, 0.29) is 11.8 Å². The number of aryl methyl sites for hydroxylation is 2. The van der Waals surface area contributed by atoms with Gasteiger partial charge in [-0.05, 0) is 30.5 Å². The van der Waals surface area contributed by atoms with Gasteiger partial charge in [-0.2, -0.15) is 0 Å². The summed E-state index contributed by atoms with van der Waals surface area (Å²) in [5, 5.41) is 0. The van der Waals surface area contributed by atoms with E-state index in [2.05, 4.69) is 4.90 Å². The molecule has 0 aromatic heterocycles. The van der Waals surface area contributed by atoms with Gasteiger partial charge < -0.3 is 14.4 Å². The molecule has 29 heavy (non-hydrogen) atoms. The summed E-state index contributed by atoms with van der Waals surface area (Å²) in [4.78, 5) is 32.4. The molecule has 0 saturated carbocycles. The number of hydrogen-bond donors (Lipinski definition) is 0. The van der Waals surface area contributed by atoms with E-state index in [4.69, 9.17) is 9.47 Å². The lowest BCUT2D eigenvalue weighted by Gasteiger charge is -2.30. The predicted molar refractivity (Wildman–Crippen MR) is 109 cm³/mol. The lowest BCUT2D eigenvalue weighted by Crippen LogP contribution is -2.44. The van der Waals surface area contributed by atoms with Gasteiger partial charge >= 0.3 is 0 Å². The van der Waals surface area contributed by atoms with E-state index >= 15 is 0 Å². The number of benzene rings is 1. The van der Waals surface area contributed by atoms with Crippen LogP contribution in [0.4, 0.5) is 0 Å². The second-order valence-electron chi connectivity index (χ2n) is 7.84. The van der Waals surface area contributed by atoms with Crippen LogP contribution < -0.4 is 0 Å². The molecule has 2 amide bonds. The Morgan fingerprint density at radius 3 is 2.14 bits per heavy atom. The smallest absolute Gasteiger partial charge is 0.277 e. The molecule has 0 atom stereocenters. The quantitative estimate of drug-likeness (QED) is 0.690. The number of nitrogens with zero attached hydrogens (tertiary/aromatic N) is 3. The zero-order chi connectivity index (χ0) is 20.4. The van der Waals surface area contributed by atoms with Gasteiger partial charge in [0.15, 0.2) is 0 Å². The fraction of sp³-hybridized carbons (Fsp3) is 0.545. The number of hydrogen-bond acceptors (Lipinski definition) is 6. The Hall–Kier alpha value is -2.22. The van der Waals surface area contributed by atoms with Crippen LogP contribution in [-0.4, -0.2) is 92.2 Å². The molecule has 0 spiro atoms. The highest BCUT2D eigenvalue weighted by Crippen LogP contribution is 2.32. The van der Waals surface area contributed by atoms with Crippen LogP contribution >= 0.6 is 0 Å². The van der Waals surface area contributed by atoms with Crippen LogP contribution in [0.25, 0.3) is 5.57 Å². The van der Waals surface area contributed by atoms with E-state index in [0.29, 0.717) is 63.9 Å². The Kier molecular flexibility index (Phi) is 5.99. The van der Waals surface area contributed by atoms with Crippen molar-refractivity contribution in [3.8, 4) is 0 Å². The molecule has 3 aliphatic heterocycles. The molecule has 7 heteroatoms. The van der Waals surface area contributed by atoms with Crippen LogP contribution in [0.5, 0.6) is 0 Å². The number of carbonyl (C=O) groups excluding carboxylic acids is 2. The van der Waals surface area contributed by atoms with Gasteiger partial charge in [0, 0.05) is 39.3 Å². The number of imide groups is 1. The summed E-state index contributed by atoms with van der Waals surface area (Å²) in [5.41, 5.74) is 4.17. The van der Waals surface area contributed by atoms with Crippen LogP contribution in [0.15, 0.2) is 23.9 Å². The van der Waals surface area contributed by atoms with E-state index in [1.165, 1.54) is 10.5 Å². The largest absolute Gasteiger partial charge is 0.379 e. The van der Waals surface area contributed by atoms with Gasteiger partial charge in [-0.15, -0.1) is 0 Å². The normalized spacial score (nSPS) is 21.4. The van der Waals surface area contributed by atoms with Gasteiger partial charge in [0.1, 0.15) is 5.70 Å². The number of ether oxygens (including phenoxy) is 2. The number of amides is 2. The van der Waals surface area contributed by atoms with Gasteiger partial charge in [0.05, 0.1) is 32.0 Å². The maximum absolute atomic E-state index is 13.4. The molecule has 3 aliphatic rings. The third-order valence-corrected chi connectivity index (χ3v) is 6.01. The van der Waals surface area contributed by atoms with Crippen molar-refractivity contribution in [2.24, 2.45) is 0 Å². The molecule has 7 nitrogen and oxygen atoms in total. The fourth-order valence-corrected chi connectivity index (χ4v) is 4.07.